The van der Waals surface area contributed by atoms with Gasteiger partial charge in [0.25, 0.3) is 5.91 Å². The number of piperidine rings is 1. The Balaban J connectivity index is 1.54. The number of benzene rings is 2. The van der Waals surface area contributed by atoms with Gasteiger partial charge in [0.15, 0.2) is 0 Å². The number of nitrogens with zero attached hydrogens (tertiary/aromatic N) is 1. The normalized spacial score (nSPS) is 24.0. The fraction of sp³-hybridized carbons (Fsp3) is 0.435. The molecule has 3 atom stereocenters. The number of hydrogen-bond acceptors (Lipinski definition) is 4. The molecule has 148 valence electrons. The van der Waals surface area contributed by atoms with Gasteiger partial charge in [-0.1, -0.05) is 36.4 Å². The Labute approximate surface area is 166 Å². The SMILES string of the molecule is NCCCOc1cccc(C(=O)N2C[C@@H](c3ccccc3)[C@@H]3CNCC[C@@H]32)c1. The number of fused-ring (bicyclic) bond motifs is 1. The van der Waals surface area contributed by atoms with Crippen molar-refractivity contribution in [3.63, 3.8) is 0 Å². The van der Waals surface area contributed by atoms with Crippen LogP contribution in [0.25, 0.3) is 0 Å². The molecule has 28 heavy (non-hydrogen) atoms. The zero-order chi connectivity index (χ0) is 19.3. The fourth-order valence-corrected chi connectivity index (χ4v) is 4.59. The monoisotopic (exact) mass is 379 g/mol. The highest BCUT2D eigenvalue weighted by molar-refractivity contribution is 5.95. The van der Waals surface area contributed by atoms with E-state index in [1.165, 1.54) is 5.56 Å². The van der Waals surface area contributed by atoms with Crippen molar-refractivity contribution in [2.75, 3.05) is 32.8 Å². The topological polar surface area (TPSA) is 67.6 Å². The van der Waals surface area contributed by atoms with Crippen LogP contribution in [0.15, 0.2) is 54.6 Å². The number of amides is 1. The van der Waals surface area contributed by atoms with Crippen LogP contribution < -0.4 is 15.8 Å². The maximum Gasteiger partial charge on any atom is 0.254 e. The van der Waals surface area contributed by atoms with Crippen LogP contribution in [0.4, 0.5) is 0 Å². The number of ether oxygens (including phenoxy) is 1. The summed E-state index contributed by atoms with van der Waals surface area (Å²) in [5, 5.41) is 3.52. The zero-order valence-electron chi connectivity index (χ0n) is 16.2. The molecule has 5 heteroatoms. The highest BCUT2D eigenvalue weighted by Gasteiger charge is 2.45. The minimum Gasteiger partial charge on any atom is -0.494 e. The first-order valence-corrected chi connectivity index (χ1v) is 10.3. The Morgan fingerprint density at radius 1 is 1.18 bits per heavy atom. The van der Waals surface area contributed by atoms with Crippen molar-refractivity contribution in [2.45, 2.75) is 24.8 Å². The Morgan fingerprint density at radius 2 is 2.04 bits per heavy atom. The molecule has 2 aromatic rings. The van der Waals surface area contributed by atoms with Gasteiger partial charge in [0, 0.05) is 36.5 Å². The van der Waals surface area contributed by atoms with Crippen LogP contribution in [0.3, 0.4) is 0 Å². The molecule has 2 aliphatic heterocycles. The summed E-state index contributed by atoms with van der Waals surface area (Å²) in [7, 11) is 0. The second kappa shape index (κ2) is 8.76. The fourth-order valence-electron chi connectivity index (χ4n) is 4.59. The summed E-state index contributed by atoms with van der Waals surface area (Å²) >= 11 is 0. The van der Waals surface area contributed by atoms with Gasteiger partial charge in [-0.3, -0.25) is 4.79 Å². The predicted octanol–water partition coefficient (Wildman–Crippen LogP) is 2.63. The average Bonchev–Trinajstić information content (AvgIpc) is 3.14. The first-order valence-electron chi connectivity index (χ1n) is 10.3. The molecule has 2 fully saturated rings. The molecule has 2 saturated heterocycles. The number of hydrogen-bond donors (Lipinski definition) is 2. The lowest BCUT2D eigenvalue weighted by Gasteiger charge is -2.33. The molecule has 5 nitrogen and oxygen atoms in total. The maximum absolute atomic E-state index is 13.4. The van der Waals surface area contributed by atoms with Gasteiger partial charge in [0.2, 0.25) is 0 Å². The third kappa shape index (κ3) is 3.91. The largest absolute Gasteiger partial charge is 0.494 e. The summed E-state index contributed by atoms with van der Waals surface area (Å²) in [6.45, 7) is 3.89. The quantitative estimate of drug-likeness (QED) is 0.757. The van der Waals surface area contributed by atoms with Crippen LogP contribution >= 0.6 is 0 Å². The van der Waals surface area contributed by atoms with Crippen molar-refractivity contribution < 1.29 is 9.53 Å². The number of rotatable bonds is 6. The second-order valence-electron chi connectivity index (χ2n) is 7.72. The molecule has 3 N–H and O–H groups in total. The van der Waals surface area contributed by atoms with Crippen LogP contribution in [0.2, 0.25) is 0 Å². The number of carbonyl (C=O) groups is 1. The smallest absolute Gasteiger partial charge is 0.254 e. The molecule has 0 aromatic heterocycles. The van der Waals surface area contributed by atoms with Crippen LogP contribution in [-0.2, 0) is 0 Å². The van der Waals surface area contributed by atoms with E-state index in [2.05, 4.69) is 34.5 Å². The number of carbonyl (C=O) groups excluding carboxylic acids is 1. The van der Waals surface area contributed by atoms with E-state index in [0.717, 1.165) is 38.2 Å². The summed E-state index contributed by atoms with van der Waals surface area (Å²) in [5.41, 5.74) is 7.56. The van der Waals surface area contributed by atoms with Gasteiger partial charge in [-0.2, -0.15) is 0 Å². The molecule has 1 amide bonds. The molecule has 0 radical (unpaired) electrons. The molecular formula is C23H29N3O2. The summed E-state index contributed by atoms with van der Waals surface area (Å²) in [4.78, 5) is 15.5. The molecule has 0 spiro atoms. The molecular weight excluding hydrogens is 350 g/mol. The molecule has 0 unspecified atom stereocenters. The van der Waals surface area contributed by atoms with Crippen molar-refractivity contribution in [1.82, 2.24) is 10.2 Å². The van der Waals surface area contributed by atoms with Gasteiger partial charge in [0.1, 0.15) is 5.75 Å². The van der Waals surface area contributed by atoms with E-state index in [-0.39, 0.29) is 5.91 Å². The van der Waals surface area contributed by atoms with Crippen LogP contribution in [0.5, 0.6) is 5.75 Å². The van der Waals surface area contributed by atoms with E-state index in [9.17, 15) is 4.79 Å². The Bertz CT molecular complexity index is 795. The third-order valence-electron chi connectivity index (χ3n) is 5.99. The molecule has 4 rings (SSSR count). The van der Waals surface area contributed by atoms with Crippen molar-refractivity contribution >= 4 is 5.91 Å². The molecule has 0 saturated carbocycles. The first kappa shape index (κ1) is 19.0. The third-order valence-corrected chi connectivity index (χ3v) is 5.99. The Morgan fingerprint density at radius 3 is 2.86 bits per heavy atom. The number of nitrogens with one attached hydrogen (secondary N) is 1. The first-order chi connectivity index (χ1) is 13.8. The van der Waals surface area contributed by atoms with Crippen LogP contribution in [0, 0.1) is 5.92 Å². The molecule has 2 aliphatic rings. The van der Waals surface area contributed by atoms with E-state index < -0.39 is 0 Å². The molecule has 2 heterocycles. The van der Waals surface area contributed by atoms with Gasteiger partial charge in [0.05, 0.1) is 6.61 Å². The van der Waals surface area contributed by atoms with Gasteiger partial charge < -0.3 is 20.7 Å². The minimum absolute atomic E-state index is 0.111. The summed E-state index contributed by atoms with van der Waals surface area (Å²) in [5.74, 6) is 1.69. The molecule has 0 bridgehead atoms. The lowest BCUT2D eigenvalue weighted by Crippen LogP contribution is -2.46. The van der Waals surface area contributed by atoms with E-state index >= 15 is 0 Å². The number of nitrogens with two attached hydrogens (primary N) is 1. The van der Waals surface area contributed by atoms with Crippen molar-refractivity contribution in [2.24, 2.45) is 11.7 Å². The summed E-state index contributed by atoms with van der Waals surface area (Å²) < 4.78 is 5.74. The van der Waals surface area contributed by atoms with Crippen LogP contribution in [-0.4, -0.2) is 49.6 Å². The maximum atomic E-state index is 13.4. The van der Waals surface area contributed by atoms with Crippen LogP contribution in [0.1, 0.15) is 34.7 Å². The van der Waals surface area contributed by atoms with E-state index in [1.54, 1.807) is 0 Å². The Kier molecular flexibility index (Phi) is 5.93. The Hall–Kier alpha value is -2.37. The second-order valence-corrected chi connectivity index (χ2v) is 7.72. The van der Waals surface area contributed by atoms with Crippen molar-refractivity contribution in [3.05, 3.63) is 65.7 Å². The lowest BCUT2D eigenvalue weighted by molar-refractivity contribution is 0.0697. The highest BCUT2D eigenvalue weighted by atomic mass is 16.5. The summed E-state index contributed by atoms with van der Waals surface area (Å²) in [6, 6.07) is 18.5. The van der Waals surface area contributed by atoms with Crippen molar-refractivity contribution in [1.29, 1.82) is 0 Å². The van der Waals surface area contributed by atoms with Gasteiger partial charge in [-0.05, 0) is 49.7 Å². The standard InChI is InChI=1S/C23H29N3O2/c24-11-5-13-28-19-9-4-8-18(14-19)23(27)26-16-21(17-6-2-1-3-7-17)20-15-25-12-10-22(20)26/h1-4,6-9,14,20-22,25H,5,10-13,15-16,24H2/t20-,21-,22-/m0/s1. The van der Waals surface area contributed by atoms with E-state index in [0.29, 0.717) is 36.6 Å². The highest BCUT2D eigenvalue weighted by Crippen LogP contribution is 2.40. The molecule has 0 aliphatic carbocycles. The van der Waals surface area contributed by atoms with Crippen molar-refractivity contribution in [3.8, 4) is 5.75 Å². The number of likely N-dealkylation sites (tertiary alicyclic amines) is 1. The lowest BCUT2D eigenvalue weighted by atomic mass is 9.82. The molecule has 2 aromatic carbocycles. The van der Waals surface area contributed by atoms with Gasteiger partial charge in [-0.25, -0.2) is 0 Å². The van der Waals surface area contributed by atoms with Gasteiger partial charge in [-0.15, -0.1) is 0 Å². The zero-order valence-corrected chi connectivity index (χ0v) is 16.2. The van der Waals surface area contributed by atoms with Gasteiger partial charge >= 0.3 is 0 Å². The minimum atomic E-state index is 0.111. The average molecular weight is 380 g/mol. The van der Waals surface area contributed by atoms with E-state index in [4.69, 9.17) is 10.5 Å². The summed E-state index contributed by atoms with van der Waals surface area (Å²) in [6.07, 6.45) is 1.81. The predicted molar refractivity (Wildman–Crippen MR) is 111 cm³/mol. The van der Waals surface area contributed by atoms with E-state index in [1.807, 2.05) is 30.3 Å².